The molecule has 0 aliphatic carbocycles. The molecule has 1 aromatic carbocycles. The molecule has 124 valence electrons. The number of hydrogen-bond donors (Lipinski definition) is 0. The highest BCUT2D eigenvalue weighted by Crippen LogP contribution is 2.36. The van der Waals surface area contributed by atoms with Gasteiger partial charge >= 0.3 is 0 Å². The van der Waals surface area contributed by atoms with Crippen LogP contribution in [0.15, 0.2) is 67.3 Å². The summed E-state index contributed by atoms with van der Waals surface area (Å²) in [5.41, 5.74) is 5.45. The summed E-state index contributed by atoms with van der Waals surface area (Å²) >= 11 is 0. The second-order valence-electron chi connectivity index (χ2n) is 6.38. The van der Waals surface area contributed by atoms with Crippen molar-refractivity contribution in [3.8, 4) is 0 Å². The van der Waals surface area contributed by atoms with Gasteiger partial charge in [-0.2, -0.15) is 0 Å². The lowest BCUT2D eigenvalue weighted by molar-refractivity contribution is 0.0694. The van der Waals surface area contributed by atoms with E-state index < -0.39 is 0 Å². The summed E-state index contributed by atoms with van der Waals surface area (Å²) in [7, 11) is 0. The van der Waals surface area contributed by atoms with Crippen molar-refractivity contribution < 1.29 is 4.79 Å². The van der Waals surface area contributed by atoms with Crippen LogP contribution in [0.1, 0.15) is 38.7 Å². The van der Waals surface area contributed by atoms with Gasteiger partial charge in [-0.05, 0) is 48.2 Å². The first-order valence-corrected chi connectivity index (χ1v) is 8.44. The van der Waals surface area contributed by atoms with Crippen molar-refractivity contribution in [2.75, 3.05) is 6.54 Å². The third kappa shape index (κ3) is 2.91. The van der Waals surface area contributed by atoms with Gasteiger partial charge in [-0.25, -0.2) is 0 Å². The molecule has 4 rings (SSSR count). The fourth-order valence-corrected chi connectivity index (χ4v) is 3.53. The number of rotatable bonds is 2. The van der Waals surface area contributed by atoms with Crippen LogP contribution in [0, 0.1) is 6.92 Å². The van der Waals surface area contributed by atoms with Gasteiger partial charge in [-0.15, -0.1) is 0 Å². The van der Waals surface area contributed by atoms with Gasteiger partial charge in [0.15, 0.2) is 0 Å². The second-order valence-corrected chi connectivity index (χ2v) is 6.38. The second kappa shape index (κ2) is 6.48. The van der Waals surface area contributed by atoms with Crippen molar-refractivity contribution in [2.45, 2.75) is 19.4 Å². The number of aryl methyl sites for hydroxylation is 1. The molecule has 3 heterocycles. The van der Waals surface area contributed by atoms with E-state index in [0.29, 0.717) is 12.1 Å². The molecule has 1 aliphatic rings. The standard InChI is InChI=1S/C21H19N3O/c1-15-4-5-19-17(13-15)8-12-24(20(19)18-3-2-9-23-14-18)21(25)16-6-10-22-11-7-16/h2-7,9-11,13-14,20H,8,12H2,1H3. The Hall–Kier alpha value is -3.01. The number of hydrogen-bond acceptors (Lipinski definition) is 3. The highest BCUT2D eigenvalue weighted by molar-refractivity contribution is 5.94. The van der Waals surface area contributed by atoms with Crippen LogP contribution in [-0.4, -0.2) is 27.3 Å². The first kappa shape index (κ1) is 15.5. The minimum atomic E-state index is -0.112. The highest BCUT2D eigenvalue weighted by Gasteiger charge is 2.32. The number of carbonyl (C=O) groups excluding carboxylic acids is 1. The Kier molecular flexibility index (Phi) is 4.02. The third-order valence-corrected chi connectivity index (χ3v) is 4.72. The highest BCUT2D eigenvalue weighted by atomic mass is 16.2. The number of benzene rings is 1. The molecule has 0 saturated heterocycles. The lowest BCUT2D eigenvalue weighted by Crippen LogP contribution is -2.40. The van der Waals surface area contributed by atoms with E-state index in [1.165, 1.54) is 16.7 Å². The maximum atomic E-state index is 13.1. The van der Waals surface area contributed by atoms with Crippen LogP contribution < -0.4 is 0 Å². The van der Waals surface area contributed by atoms with Gasteiger partial charge in [0.2, 0.25) is 0 Å². The summed E-state index contributed by atoms with van der Waals surface area (Å²) in [4.78, 5) is 23.4. The summed E-state index contributed by atoms with van der Waals surface area (Å²) in [6.07, 6.45) is 7.80. The Bertz CT molecular complexity index is 894. The summed E-state index contributed by atoms with van der Waals surface area (Å²) in [6.45, 7) is 2.80. The zero-order valence-electron chi connectivity index (χ0n) is 14.1. The monoisotopic (exact) mass is 329 g/mol. The van der Waals surface area contributed by atoms with Crippen LogP contribution in [0.25, 0.3) is 0 Å². The molecule has 4 nitrogen and oxygen atoms in total. The predicted molar refractivity (Wildman–Crippen MR) is 96.2 cm³/mol. The smallest absolute Gasteiger partial charge is 0.254 e. The predicted octanol–water partition coefficient (Wildman–Crippen LogP) is 3.57. The number of amides is 1. The van der Waals surface area contributed by atoms with Crippen LogP contribution in [0.3, 0.4) is 0 Å². The Morgan fingerprint density at radius 1 is 1.08 bits per heavy atom. The molecule has 0 fully saturated rings. The van der Waals surface area contributed by atoms with Crippen LogP contribution >= 0.6 is 0 Å². The van der Waals surface area contributed by atoms with Gasteiger partial charge < -0.3 is 4.90 Å². The quantitative estimate of drug-likeness (QED) is 0.722. The van der Waals surface area contributed by atoms with Crippen molar-refractivity contribution in [1.82, 2.24) is 14.9 Å². The molecule has 3 aromatic rings. The van der Waals surface area contributed by atoms with Crippen molar-refractivity contribution in [3.63, 3.8) is 0 Å². The van der Waals surface area contributed by atoms with Gasteiger partial charge in [-0.1, -0.05) is 29.8 Å². The van der Waals surface area contributed by atoms with Crippen molar-refractivity contribution >= 4 is 5.91 Å². The molecule has 25 heavy (non-hydrogen) atoms. The van der Waals surface area contributed by atoms with Crippen LogP contribution in [0.5, 0.6) is 0 Å². The molecule has 0 N–H and O–H groups in total. The number of carbonyl (C=O) groups is 1. The van der Waals surface area contributed by atoms with Crippen LogP contribution in [0.4, 0.5) is 0 Å². The molecule has 1 amide bonds. The summed E-state index contributed by atoms with van der Waals surface area (Å²) in [5, 5.41) is 0. The van der Waals surface area contributed by atoms with E-state index in [1.807, 2.05) is 23.2 Å². The van der Waals surface area contributed by atoms with Gasteiger partial charge in [0.05, 0.1) is 6.04 Å². The van der Waals surface area contributed by atoms with E-state index in [0.717, 1.165) is 12.0 Å². The minimum absolute atomic E-state index is 0.0301. The molecule has 1 atom stereocenters. The van der Waals surface area contributed by atoms with E-state index >= 15 is 0 Å². The Balaban J connectivity index is 1.81. The summed E-state index contributed by atoms with van der Waals surface area (Å²) in [5.74, 6) is 0.0301. The fourth-order valence-electron chi connectivity index (χ4n) is 3.53. The molecule has 4 heteroatoms. The first-order chi connectivity index (χ1) is 12.2. The average molecular weight is 329 g/mol. The summed E-state index contributed by atoms with van der Waals surface area (Å²) in [6, 6.07) is 13.9. The zero-order chi connectivity index (χ0) is 17.2. The Morgan fingerprint density at radius 3 is 2.68 bits per heavy atom. The number of fused-ring (bicyclic) bond motifs is 1. The molecular weight excluding hydrogens is 310 g/mol. The Morgan fingerprint density at radius 2 is 1.92 bits per heavy atom. The molecule has 0 saturated carbocycles. The van der Waals surface area contributed by atoms with Crippen molar-refractivity contribution in [3.05, 3.63) is 95.1 Å². The van der Waals surface area contributed by atoms with Crippen molar-refractivity contribution in [2.24, 2.45) is 0 Å². The minimum Gasteiger partial charge on any atom is -0.327 e. The maximum absolute atomic E-state index is 13.1. The molecule has 2 aromatic heterocycles. The van der Waals surface area contributed by atoms with E-state index in [2.05, 4.69) is 35.1 Å². The first-order valence-electron chi connectivity index (χ1n) is 8.44. The van der Waals surface area contributed by atoms with E-state index in [4.69, 9.17) is 0 Å². The van der Waals surface area contributed by atoms with Crippen LogP contribution in [-0.2, 0) is 6.42 Å². The maximum Gasteiger partial charge on any atom is 0.254 e. The molecule has 1 unspecified atom stereocenters. The third-order valence-electron chi connectivity index (χ3n) is 4.72. The van der Waals surface area contributed by atoms with Gasteiger partial charge in [0, 0.05) is 36.9 Å². The molecule has 0 bridgehead atoms. The Labute approximate surface area is 147 Å². The molecule has 0 radical (unpaired) electrons. The molecular formula is C21H19N3O. The van der Waals surface area contributed by atoms with Gasteiger partial charge in [0.1, 0.15) is 0 Å². The number of aromatic nitrogens is 2. The topological polar surface area (TPSA) is 46.1 Å². The normalized spacial score (nSPS) is 16.4. The lowest BCUT2D eigenvalue weighted by atomic mass is 9.87. The van der Waals surface area contributed by atoms with Crippen LogP contribution in [0.2, 0.25) is 0 Å². The molecule has 1 aliphatic heterocycles. The number of nitrogens with zero attached hydrogens (tertiary/aromatic N) is 3. The molecule has 0 spiro atoms. The van der Waals surface area contributed by atoms with E-state index in [-0.39, 0.29) is 11.9 Å². The largest absolute Gasteiger partial charge is 0.327 e. The van der Waals surface area contributed by atoms with E-state index in [9.17, 15) is 4.79 Å². The SMILES string of the molecule is Cc1ccc2c(c1)CCN(C(=O)c1ccncc1)C2c1cccnc1. The zero-order valence-corrected chi connectivity index (χ0v) is 14.1. The fraction of sp³-hybridized carbons (Fsp3) is 0.190. The number of pyridine rings is 2. The van der Waals surface area contributed by atoms with Crippen molar-refractivity contribution in [1.29, 1.82) is 0 Å². The van der Waals surface area contributed by atoms with E-state index in [1.54, 1.807) is 30.7 Å². The average Bonchev–Trinajstić information content (AvgIpc) is 2.67. The van der Waals surface area contributed by atoms with Gasteiger partial charge in [0.25, 0.3) is 5.91 Å². The summed E-state index contributed by atoms with van der Waals surface area (Å²) < 4.78 is 0. The lowest BCUT2D eigenvalue weighted by Gasteiger charge is -2.38. The van der Waals surface area contributed by atoms with Gasteiger partial charge in [-0.3, -0.25) is 14.8 Å².